The van der Waals surface area contributed by atoms with E-state index in [-0.39, 0.29) is 0 Å². The van der Waals surface area contributed by atoms with Crippen molar-refractivity contribution in [2.75, 3.05) is 22.9 Å². The fraction of sp³-hybridized carbons (Fsp3) is 0.333. The van der Waals surface area contributed by atoms with E-state index in [1.165, 1.54) is 37.6 Å². The Morgan fingerprint density at radius 3 is 2.76 bits per heavy atom. The van der Waals surface area contributed by atoms with Gasteiger partial charge in [0, 0.05) is 11.6 Å². The first-order chi connectivity index (χ1) is 12.1. The van der Waals surface area contributed by atoms with Crippen LogP contribution in [0.1, 0.15) is 32.1 Å². The predicted molar refractivity (Wildman–Crippen MR) is 106 cm³/mol. The van der Waals surface area contributed by atoms with Gasteiger partial charge in [0.15, 0.2) is 11.6 Å². The van der Waals surface area contributed by atoms with Crippen molar-refractivity contribution in [2.45, 2.75) is 32.1 Å². The molecule has 0 aliphatic heterocycles. The lowest BCUT2D eigenvalue weighted by atomic mass is 9.97. The van der Waals surface area contributed by atoms with Crippen molar-refractivity contribution in [2.24, 2.45) is 0 Å². The number of hydrogen-bond donors (Lipinski definition) is 3. The first-order valence-electron chi connectivity index (χ1n) is 8.38. The van der Waals surface area contributed by atoms with Crippen LogP contribution in [0.15, 0.2) is 36.2 Å². The summed E-state index contributed by atoms with van der Waals surface area (Å²) >= 11 is 12.2. The van der Waals surface area contributed by atoms with Gasteiger partial charge in [-0.25, -0.2) is 9.97 Å². The van der Waals surface area contributed by atoms with Gasteiger partial charge in [-0.3, -0.25) is 0 Å². The number of benzene rings is 1. The van der Waals surface area contributed by atoms with Crippen LogP contribution >= 0.6 is 23.2 Å². The highest BCUT2D eigenvalue weighted by atomic mass is 35.5. The summed E-state index contributed by atoms with van der Waals surface area (Å²) in [5.41, 5.74) is 8.81. The van der Waals surface area contributed by atoms with Gasteiger partial charge < -0.3 is 16.4 Å². The Labute approximate surface area is 157 Å². The first kappa shape index (κ1) is 17.8. The third-order valence-corrected chi connectivity index (χ3v) is 4.75. The van der Waals surface area contributed by atoms with Gasteiger partial charge in [-0.1, -0.05) is 34.9 Å². The molecule has 0 unspecified atom stereocenters. The summed E-state index contributed by atoms with van der Waals surface area (Å²) in [6, 6.07) is 5.18. The number of nitrogen functional groups attached to an aromatic ring is 1. The van der Waals surface area contributed by atoms with Gasteiger partial charge in [0.2, 0.25) is 0 Å². The third kappa shape index (κ3) is 4.77. The maximum absolute atomic E-state index is 6.20. The van der Waals surface area contributed by atoms with Crippen molar-refractivity contribution in [1.29, 1.82) is 0 Å². The number of halogens is 2. The summed E-state index contributed by atoms with van der Waals surface area (Å²) in [7, 11) is 0. The van der Waals surface area contributed by atoms with E-state index in [2.05, 4.69) is 26.7 Å². The molecule has 2 aromatic rings. The van der Waals surface area contributed by atoms with Crippen LogP contribution in [0, 0.1) is 0 Å². The van der Waals surface area contributed by atoms with Gasteiger partial charge in [0.25, 0.3) is 0 Å². The van der Waals surface area contributed by atoms with Gasteiger partial charge in [0.1, 0.15) is 12.0 Å². The lowest BCUT2D eigenvalue weighted by molar-refractivity contribution is 0.679. The normalized spacial score (nSPS) is 14.1. The van der Waals surface area contributed by atoms with Gasteiger partial charge in [-0.2, -0.15) is 0 Å². The number of rotatable bonds is 6. The van der Waals surface area contributed by atoms with Crippen LogP contribution < -0.4 is 16.4 Å². The van der Waals surface area contributed by atoms with E-state index in [1.807, 2.05) is 0 Å². The van der Waals surface area contributed by atoms with Crippen LogP contribution in [0.3, 0.4) is 0 Å². The van der Waals surface area contributed by atoms with Gasteiger partial charge >= 0.3 is 0 Å². The van der Waals surface area contributed by atoms with Crippen molar-refractivity contribution < 1.29 is 0 Å². The number of nitrogens with two attached hydrogens (primary N) is 1. The van der Waals surface area contributed by atoms with E-state index in [1.54, 1.807) is 18.2 Å². The van der Waals surface area contributed by atoms with Crippen LogP contribution in [-0.4, -0.2) is 16.5 Å². The molecule has 3 rings (SSSR count). The molecule has 0 saturated carbocycles. The molecule has 0 radical (unpaired) electrons. The minimum atomic E-state index is 0.455. The quantitative estimate of drug-likeness (QED) is 0.586. The van der Waals surface area contributed by atoms with Crippen LogP contribution in [-0.2, 0) is 0 Å². The lowest BCUT2D eigenvalue weighted by Crippen LogP contribution is -2.10. The minimum absolute atomic E-state index is 0.455. The Morgan fingerprint density at radius 2 is 1.96 bits per heavy atom. The Morgan fingerprint density at radius 1 is 1.12 bits per heavy atom. The standard InChI is InChI=1S/C18H21Cl2N5/c19-13-6-7-14(20)15(10-13)25-18-16(21)17(23-11-24-18)22-9-8-12-4-2-1-3-5-12/h4,6-7,10-11H,1-3,5,8-9,21H2,(H2,22,23,24,25). The number of anilines is 4. The molecule has 1 aliphatic rings. The number of hydrogen-bond acceptors (Lipinski definition) is 5. The van der Waals surface area contributed by atoms with Crippen molar-refractivity contribution in [3.05, 3.63) is 46.2 Å². The molecule has 0 saturated heterocycles. The van der Waals surface area contributed by atoms with Crippen molar-refractivity contribution in [1.82, 2.24) is 9.97 Å². The van der Waals surface area contributed by atoms with E-state index in [9.17, 15) is 0 Å². The zero-order valence-corrected chi connectivity index (χ0v) is 15.4. The van der Waals surface area contributed by atoms with Crippen LogP contribution in [0.5, 0.6) is 0 Å². The Kier molecular flexibility index (Phi) is 6.00. The van der Waals surface area contributed by atoms with Crippen LogP contribution in [0.4, 0.5) is 23.0 Å². The van der Waals surface area contributed by atoms with Crippen LogP contribution in [0.2, 0.25) is 10.0 Å². The van der Waals surface area contributed by atoms with Gasteiger partial charge in [0.05, 0.1) is 10.7 Å². The molecule has 7 heteroatoms. The average molecular weight is 378 g/mol. The molecule has 1 aromatic carbocycles. The van der Waals surface area contributed by atoms with Crippen molar-refractivity contribution in [3.63, 3.8) is 0 Å². The molecule has 0 amide bonds. The molecule has 1 heterocycles. The molecule has 132 valence electrons. The smallest absolute Gasteiger partial charge is 0.159 e. The Balaban J connectivity index is 1.67. The first-order valence-corrected chi connectivity index (χ1v) is 9.13. The summed E-state index contributed by atoms with van der Waals surface area (Å²) in [4.78, 5) is 8.44. The summed E-state index contributed by atoms with van der Waals surface area (Å²) in [5, 5.41) is 7.54. The topological polar surface area (TPSA) is 75.9 Å². The molecule has 1 aromatic heterocycles. The zero-order chi connectivity index (χ0) is 17.6. The predicted octanol–water partition coefficient (Wildman–Crippen LogP) is 5.41. The van der Waals surface area contributed by atoms with Gasteiger partial charge in [-0.15, -0.1) is 0 Å². The summed E-state index contributed by atoms with van der Waals surface area (Å²) in [6.45, 7) is 0.796. The highest BCUT2D eigenvalue weighted by Crippen LogP contribution is 2.31. The maximum Gasteiger partial charge on any atom is 0.159 e. The summed E-state index contributed by atoms with van der Waals surface area (Å²) in [6.07, 6.45) is 9.81. The van der Waals surface area contributed by atoms with Gasteiger partial charge in [-0.05, 0) is 50.3 Å². The van der Waals surface area contributed by atoms with E-state index in [0.717, 1.165) is 13.0 Å². The fourth-order valence-corrected chi connectivity index (χ4v) is 3.17. The fourth-order valence-electron chi connectivity index (χ4n) is 2.83. The summed E-state index contributed by atoms with van der Waals surface area (Å²) < 4.78 is 0. The second-order valence-electron chi connectivity index (χ2n) is 6.02. The van der Waals surface area contributed by atoms with E-state index in [4.69, 9.17) is 28.9 Å². The highest BCUT2D eigenvalue weighted by Gasteiger charge is 2.11. The lowest BCUT2D eigenvalue weighted by Gasteiger charge is -2.15. The SMILES string of the molecule is Nc1c(NCCC2=CCCCC2)ncnc1Nc1cc(Cl)ccc1Cl. The molecular weight excluding hydrogens is 357 g/mol. The van der Waals surface area contributed by atoms with E-state index < -0.39 is 0 Å². The Hall–Kier alpha value is -1.98. The zero-order valence-electron chi connectivity index (χ0n) is 13.9. The Bertz CT molecular complexity index is 776. The maximum atomic E-state index is 6.20. The molecule has 0 spiro atoms. The average Bonchev–Trinajstić information content (AvgIpc) is 2.62. The summed E-state index contributed by atoms with van der Waals surface area (Å²) in [5.74, 6) is 1.12. The van der Waals surface area contributed by atoms with Crippen molar-refractivity contribution >= 4 is 46.2 Å². The molecule has 0 atom stereocenters. The van der Waals surface area contributed by atoms with E-state index >= 15 is 0 Å². The largest absolute Gasteiger partial charge is 0.393 e. The number of nitrogens with zero attached hydrogens (tertiary/aromatic N) is 2. The number of allylic oxidation sites excluding steroid dienone is 1. The monoisotopic (exact) mass is 377 g/mol. The van der Waals surface area contributed by atoms with Crippen molar-refractivity contribution in [3.8, 4) is 0 Å². The minimum Gasteiger partial charge on any atom is -0.393 e. The number of aromatic nitrogens is 2. The van der Waals surface area contributed by atoms with E-state index in [0.29, 0.717) is 33.1 Å². The molecule has 25 heavy (non-hydrogen) atoms. The highest BCUT2D eigenvalue weighted by molar-refractivity contribution is 6.35. The molecule has 4 N–H and O–H groups in total. The van der Waals surface area contributed by atoms with Crippen LogP contribution in [0.25, 0.3) is 0 Å². The molecule has 0 fully saturated rings. The molecular formula is C18H21Cl2N5. The molecule has 5 nitrogen and oxygen atoms in total. The molecule has 0 bridgehead atoms. The number of nitrogens with one attached hydrogen (secondary N) is 2. The molecule has 1 aliphatic carbocycles. The second kappa shape index (κ2) is 8.41. The third-order valence-electron chi connectivity index (χ3n) is 4.19. The second-order valence-corrected chi connectivity index (χ2v) is 6.86.